The van der Waals surface area contributed by atoms with Crippen LogP contribution < -0.4 is 4.90 Å². The van der Waals surface area contributed by atoms with Crippen molar-refractivity contribution in [3.05, 3.63) is 30.6 Å². The first-order chi connectivity index (χ1) is 8.06. The van der Waals surface area contributed by atoms with E-state index in [9.17, 15) is 0 Å². The smallest absolute Gasteiger partial charge is 0.140 e. The Balaban J connectivity index is 2.56. The molecule has 0 saturated carbocycles. The molecular formula is C13H16BrN3. The Morgan fingerprint density at radius 1 is 1.24 bits per heavy atom. The second-order valence-corrected chi connectivity index (χ2v) is 5.28. The SMILES string of the molecule is CN(c1ncnc2ccccc12)C(C)(C)CBr. The maximum atomic E-state index is 4.42. The number of alkyl halides is 1. The average molecular weight is 294 g/mol. The van der Waals surface area contributed by atoms with Gasteiger partial charge in [-0.3, -0.25) is 0 Å². The van der Waals surface area contributed by atoms with Crippen molar-refractivity contribution in [2.45, 2.75) is 19.4 Å². The van der Waals surface area contributed by atoms with Crippen molar-refractivity contribution in [3.63, 3.8) is 0 Å². The minimum Gasteiger partial charge on any atom is -0.353 e. The molecule has 1 heterocycles. The Morgan fingerprint density at radius 2 is 1.94 bits per heavy atom. The van der Waals surface area contributed by atoms with Crippen LogP contribution in [0.5, 0.6) is 0 Å². The van der Waals surface area contributed by atoms with Gasteiger partial charge in [0.25, 0.3) is 0 Å². The zero-order chi connectivity index (χ0) is 12.5. The normalized spacial score (nSPS) is 11.8. The Morgan fingerprint density at radius 3 is 2.65 bits per heavy atom. The monoisotopic (exact) mass is 293 g/mol. The lowest BCUT2D eigenvalue weighted by molar-refractivity contribution is 0.548. The summed E-state index contributed by atoms with van der Waals surface area (Å²) in [4.78, 5) is 10.9. The number of fused-ring (bicyclic) bond motifs is 1. The van der Waals surface area contributed by atoms with E-state index in [4.69, 9.17) is 0 Å². The molecule has 1 aromatic heterocycles. The quantitative estimate of drug-likeness (QED) is 0.814. The fourth-order valence-corrected chi connectivity index (χ4v) is 2.01. The molecule has 0 aliphatic heterocycles. The van der Waals surface area contributed by atoms with Gasteiger partial charge in [0, 0.05) is 23.3 Å². The van der Waals surface area contributed by atoms with Crippen molar-refractivity contribution >= 4 is 32.7 Å². The largest absolute Gasteiger partial charge is 0.353 e. The molecule has 0 unspecified atom stereocenters. The molecule has 0 fully saturated rings. The van der Waals surface area contributed by atoms with Gasteiger partial charge in [-0.25, -0.2) is 9.97 Å². The number of para-hydroxylation sites is 1. The van der Waals surface area contributed by atoms with Gasteiger partial charge < -0.3 is 4.90 Å². The average Bonchev–Trinajstić information content (AvgIpc) is 2.37. The van der Waals surface area contributed by atoms with Gasteiger partial charge in [-0.15, -0.1) is 0 Å². The summed E-state index contributed by atoms with van der Waals surface area (Å²) in [6, 6.07) is 8.08. The fourth-order valence-electron chi connectivity index (χ4n) is 1.63. The minimum absolute atomic E-state index is 0.0110. The first-order valence-electron chi connectivity index (χ1n) is 5.56. The maximum Gasteiger partial charge on any atom is 0.140 e. The predicted molar refractivity (Wildman–Crippen MR) is 75.8 cm³/mol. The van der Waals surface area contributed by atoms with Crippen molar-refractivity contribution < 1.29 is 0 Å². The summed E-state index contributed by atoms with van der Waals surface area (Å²) in [7, 11) is 2.07. The lowest BCUT2D eigenvalue weighted by atomic mass is 10.1. The summed E-state index contributed by atoms with van der Waals surface area (Å²) in [6.07, 6.45) is 1.62. The Hall–Kier alpha value is -1.16. The number of hydrogen-bond donors (Lipinski definition) is 0. The van der Waals surface area contributed by atoms with Crippen molar-refractivity contribution in [2.75, 3.05) is 17.3 Å². The van der Waals surface area contributed by atoms with Gasteiger partial charge in [-0.05, 0) is 26.0 Å². The number of rotatable bonds is 3. The highest BCUT2D eigenvalue weighted by Crippen LogP contribution is 2.27. The van der Waals surface area contributed by atoms with E-state index in [0.29, 0.717) is 0 Å². The van der Waals surface area contributed by atoms with Gasteiger partial charge in [-0.1, -0.05) is 28.1 Å². The first-order valence-corrected chi connectivity index (χ1v) is 6.68. The molecule has 0 N–H and O–H groups in total. The zero-order valence-corrected chi connectivity index (χ0v) is 11.9. The summed E-state index contributed by atoms with van der Waals surface area (Å²) < 4.78 is 0. The third kappa shape index (κ3) is 2.27. The molecule has 3 nitrogen and oxygen atoms in total. The van der Waals surface area contributed by atoms with Crippen molar-refractivity contribution in [1.82, 2.24) is 9.97 Å². The molecule has 0 amide bonds. The van der Waals surface area contributed by atoms with E-state index in [0.717, 1.165) is 22.1 Å². The molecule has 90 valence electrons. The van der Waals surface area contributed by atoms with Crippen LogP contribution in [0.25, 0.3) is 10.9 Å². The number of halogens is 1. The molecule has 17 heavy (non-hydrogen) atoms. The van der Waals surface area contributed by atoms with Crippen molar-refractivity contribution in [2.24, 2.45) is 0 Å². The molecule has 4 heteroatoms. The molecule has 0 radical (unpaired) electrons. The lowest BCUT2D eigenvalue weighted by Gasteiger charge is -2.35. The van der Waals surface area contributed by atoms with Gasteiger partial charge >= 0.3 is 0 Å². The molecule has 1 aromatic carbocycles. The number of hydrogen-bond acceptors (Lipinski definition) is 3. The van der Waals surface area contributed by atoms with Crippen LogP contribution in [0.15, 0.2) is 30.6 Å². The summed E-state index contributed by atoms with van der Waals surface area (Å²) >= 11 is 3.55. The van der Waals surface area contributed by atoms with Crippen LogP contribution >= 0.6 is 15.9 Å². The van der Waals surface area contributed by atoms with Crippen molar-refractivity contribution in [3.8, 4) is 0 Å². The Kier molecular flexibility index (Phi) is 3.33. The Bertz CT molecular complexity index is 520. The topological polar surface area (TPSA) is 29.0 Å². The van der Waals surface area contributed by atoms with Crippen LogP contribution in [0, 0.1) is 0 Å². The second-order valence-electron chi connectivity index (χ2n) is 4.72. The van der Waals surface area contributed by atoms with Gasteiger partial charge in [0.1, 0.15) is 12.1 Å². The van der Waals surface area contributed by atoms with E-state index in [1.54, 1.807) is 6.33 Å². The van der Waals surface area contributed by atoms with E-state index in [-0.39, 0.29) is 5.54 Å². The molecule has 2 aromatic rings. The second kappa shape index (κ2) is 4.61. The summed E-state index contributed by atoms with van der Waals surface area (Å²) in [5.41, 5.74) is 0.992. The summed E-state index contributed by atoms with van der Waals surface area (Å²) in [6.45, 7) is 4.36. The standard InChI is InChI=1S/C13H16BrN3/c1-13(2,8-14)17(3)12-10-6-4-5-7-11(10)15-9-16-12/h4-7,9H,8H2,1-3H3. The molecule has 0 spiro atoms. The summed E-state index contributed by atoms with van der Waals surface area (Å²) in [5.74, 6) is 0.972. The number of benzene rings is 1. The van der Waals surface area contributed by atoms with Crippen LogP contribution in [0.1, 0.15) is 13.8 Å². The molecule has 0 saturated heterocycles. The fraction of sp³-hybridized carbons (Fsp3) is 0.385. The van der Waals surface area contributed by atoms with Crippen LogP contribution in [0.2, 0.25) is 0 Å². The van der Waals surface area contributed by atoms with Gasteiger partial charge in [0.15, 0.2) is 0 Å². The minimum atomic E-state index is 0.0110. The third-order valence-electron chi connectivity index (χ3n) is 3.07. The number of nitrogens with zero attached hydrogens (tertiary/aromatic N) is 3. The zero-order valence-electron chi connectivity index (χ0n) is 10.3. The highest BCUT2D eigenvalue weighted by atomic mass is 79.9. The molecule has 0 atom stereocenters. The Labute approximate surface area is 110 Å². The molecule has 2 rings (SSSR count). The maximum absolute atomic E-state index is 4.42. The molecular weight excluding hydrogens is 278 g/mol. The third-order valence-corrected chi connectivity index (χ3v) is 4.45. The van der Waals surface area contributed by atoms with Crippen LogP contribution in [0.4, 0.5) is 5.82 Å². The van der Waals surface area contributed by atoms with E-state index in [2.05, 4.69) is 57.8 Å². The molecule has 0 aliphatic rings. The summed E-state index contributed by atoms with van der Waals surface area (Å²) in [5, 5.41) is 1.97. The molecule has 0 bridgehead atoms. The van der Waals surface area contributed by atoms with Crippen LogP contribution in [-0.2, 0) is 0 Å². The van der Waals surface area contributed by atoms with Crippen molar-refractivity contribution in [1.29, 1.82) is 0 Å². The highest BCUT2D eigenvalue weighted by molar-refractivity contribution is 9.09. The highest BCUT2D eigenvalue weighted by Gasteiger charge is 2.24. The lowest BCUT2D eigenvalue weighted by Crippen LogP contribution is -2.43. The van der Waals surface area contributed by atoms with Gasteiger partial charge in [0.2, 0.25) is 0 Å². The number of aromatic nitrogens is 2. The molecule has 0 aliphatic carbocycles. The van der Waals surface area contributed by atoms with E-state index in [1.807, 2.05) is 18.2 Å². The van der Waals surface area contributed by atoms with Gasteiger partial charge in [-0.2, -0.15) is 0 Å². The van der Waals surface area contributed by atoms with Crippen LogP contribution in [-0.4, -0.2) is 27.9 Å². The van der Waals surface area contributed by atoms with E-state index < -0.39 is 0 Å². The predicted octanol–water partition coefficient (Wildman–Crippen LogP) is 3.24. The van der Waals surface area contributed by atoms with E-state index in [1.165, 1.54) is 0 Å². The van der Waals surface area contributed by atoms with E-state index >= 15 is 0 Å². The number of anilines is 1. The van der Waals surface area contributed by atoms with Crippen LogP contribution in [0.3, 0.4) is 0 Å². The van der Waals surface area contributed by atoms with Gasteiger partial charge in [0.05, 0.1) is 5.52 Å². The first kappa shape index (κ1) is 12.3.